The Morgan fingerprint density at radius 2 is 2.05 bits per heavy atom. The van der Waals surface area contributed by atoms with Crippen LogP contribution in [0.25, 0.3) is 0 Å². The SMILES string of the molecule is N#CCCCCNC(=O)c1ccc(Br)c(C(F)(F)F)c1. The summed E-state index contributed by atoms with van der Waals surface area (Å²) in [6.45, 7) is 0.331. The number of hydrogen-bond acceptors (Lipinski definition) is 2. The van der Waals surface area contributed by atoms with E-state index in [9.17, 15) is 18.0 Å². The Morgan fingerprint density at radius 1 is 1.35 bits per heavy atom. The highest BCUT2D eigenvalue weighted by Gasteiger charge is 2.33. The summed E-state index contributed by atoms with van der Waals surface area (Å²) in [5, 5.41) is 10.9. The van der Waals surface area contributed by atoms with E-state index in [2.05, 4.69) is 21.2 Å². The lowest BCUT2D eigenvalue weighted by molar-refractivity contribution is -0.138. The summed E-state index contributed by atoms with van der Waals surface area (Å²) in [7, 11) is 0. The number of amides is 1. The molecule has 20 heavy (non-hydrogen) atoms. The summed E-state index contributed by atoms with van der Waals surface area (Å²) in [6.07, 6.45) is -2.86. The van der Waals surface area contributed by atoms with Crippen molar-refractivity contribution >= 4 is 21.8 Å². The third kappa shape index (κ3) is 4.85. The molecule has 0 heterocycles. The number of rotatable bonds is 5. The smallest absolute Gasteiger partial charge is 0.352 e. The first-order valence-electron chi connectivity index (χ1n) is 5.88. The average molecular weight is 349 g/mol. The van der Waals surface area contributed by atoms with Gasteiger partial charge in [0.05, 0.1) is 11.6 Å². The summed E-state index contributed by atoms with van der Waals surface area (Å²) >= 11 is 2.81. The molecule has 0 aromatic heterocycles. The first kappa shape index (κ1) is 16.5. The molecule has 7 heteroatoms. The molecule has 0 aliphatic carbocycles. The zero-order valence-electron chi connectivity index (χ0n) is 10.4. The van der Waals surface area contributed by atoms with Crippen molar-refractivity contribution < 1.29 is 18.0 Å². The largest absolute Gasteiger partial charge is 0.417 e. The Hall–Kier alpha value is -1.55. The van der Waals surface area contributed by atoms with Gasteiger partial charge in [-0.25, -0.2) is 0 Å². The van der Waals surface area contributed by atoms with Crippen LogP contribution in [-0.4, -0.2) is 12.5 Å². The molecule has 108 valence electrons. The monoisotopic (exact) mass is 348 g/mol. The van der Waals surface area contributed by atoms with Crippen LogP contribution in [-0.2, 0) is 6.18 Å². The van der Waals surface area contributed by atoms with Gasteiger partial charge >= 0.3 is 6.18 Å². The van der Waals surface area contributed by atoms with Gasteiger partial charge in [0.2, 0.25) is 0 Å². The molecule has 1 rings (SSSR count). The minimum absolute atomic E-state index is 0.0409. The van der Waals surface area contributed by atoms with E-state index < -0.39 is 17.6 Å². The number of carbonyl (C=O) groups excluding carboxylic acids is 1. The van der Waals surface area contributed by atoms with Crippen LogP contribution in [0.3, 0.4) is 0 Å². The Bertz CT molecular complexity index is 523. The van der Waals surface area contributed by atoms with Gasteiger partial charge in [-0.05, 0) is 31.0 Å². The van der Waals surface area contributed by atoms with Gasteiger partial charge in [-0.3, -0.25) is 4.79 Å². The molecule has 0 fully saturated rings. The molecule has 1 amide bonds. The molecule has 0 aliphatic rings. The van der Waals surface area contributed by atoms with Crippen LogP contribution in [0.15, 0.2) is 22.7 Å². The molecule has 1 aromatic rings. The molecule has 0 spiro atoms. The van der Waals surface area contributed by atoms with Gasteiger partial charge in [0, 0.05) is 23.0 Å². The van der Waals surface area contributed by atoms with Crippen LogP contribution >= 0.6 is 15.9 Å². The quantitative estimate of drug-likeness (QED) is 0.820. The van der Waals surface area contributed by atoms with E-state index in [0.717, 1.165) is 6.07 Å². The number of carbonyl (C=O) groups is 1. The second-order valence-electron chi connectivity index (χ2n) is 4.06. The van der Waals surface area contributed by atoms with E-state index in [1.807, 2.05) is 6.07 Å². The molecule has 0 radical (unpaired) electrons. The van der Waals surface area contributed by atoms with Crippen molar-refractivity contribution in [2.75, 3.05) is 6.54 Å². The summed E-state index contributed by atoms with van der Waals surface area (Å²) in [5.41, 5.74) is -0.921. The number of unbranched alkanes of at least 4 members (excludes halogenated alkanes) is 2. The molecular weight excluding hydrogens is 337 g/mol. The number of nitrogens with zero attached hydrogens (tertiary/aromatic N) is 1. The highest BCUT2D eigenvalue weighted by Crippen LogP contribution is 2.35. The third-order valence-electron chi connectivity index (χ3n) is 2.53. The van der Waals surface area contributed by atoms with Gasteiger partial charge in [0.15, 0.2) is 0 Å². The van der Waals surface area contributed by atoms with E-state index in [1.54, 1.807) is 0 Å². The zero-order valence-corrected chi connectivity index (χ0v) is 12.0. The minimum Gasteiger partial charge on any atom is -0.352 e. The third-order valence-corrected chi connectivity index (χ3v) is 3.23. The Labute approximate surface area is 122 Å². The second-order valence-corrected chi connectivity index (χ2v) is 4.92. The van der Waals surface area contributed by atoms with E-state index in [-0.39, 0.29) is 10.0 Å². The summed E-state index contributed by atoms with van der Waals surface area (Å²) in [4.78, 5) is 11.7. The Morgan fingerprint density at radius 3 is 2.65 bits per heavy atom. The Kier molecular flexibility index (Phi) is 6.02. The van der Waals surface area contributed by atoms with Crippen molar-refractivity contribution in [3.05, 3.63) is 33.8 Å². The topological polar surface area (TPSA) is 52.9 Å². The number of alkyl halides is 3. The maximum atomic E-state index is 12.7. The molecule has 1 aromatic carbocycles. The number of hydrogen-bond donors (Lipinski definition) is 1. The highest BCUT2D eigenvalue weighted by atomic mass is 79.9. The maximum Gasteiger partial charge on any atom is 0.417 e. The molecule has 1 N–H and O–H groups in total. The van der Waals surface area contributed by atoms with Gasteiger partial charge in [-0.2, -0.15) is 18.4 Å². The second kappa shape index (κ2) is 7.29. The van der Waals surface area contributed by atoms with E-state index in [1.165, 1.54) is 12.1 Å². The molecule has 0 aliphatic heterocycles. The van der Waals surface area contributed by atoms with Gasteiger partial charge in [0.1, 0.15) is 0 Å². The predicted octanol–water partition coefficient (Wildman–Crippen LogP) is 3.89. The highest BCUT2D eigenvalue weighted by molar-refractivity contribution is 9.10. The summed E-state index contributed by atoms with van der Waals surface area (Å²) in [6, 6.07) is 5.31. The normalized spacial score (nSPS) is 10.9. The van der Waals surface area contributed by atoms with Crippen LogP contribution in [0.5, 0.6) is 0 Å². The van der Waals surface area contributed by atoms with Crippen LogP contribution < -0.4 is 5.32 Å². The number of nitriles is 1. The van der Waals surface area contributed by atoms with Crippen LogP contribution in [0.2, 0.25) is 0 Å². The van der Waals surface area contributed by atoms with Crippen molar-refractivity contribution in [1.82, 2.24) is 5.32 Å². The molecule has 0 saturated carbocycles. The van der Waals surface area contributed by atoms with Crippen LogP contribution in [0.4, 0.5) is 13.2 Å². The number of benzene rings is 1. The molecule has 0 atom stereocenters. The molecular formula is C13H12BrF3N2O. The molecule has 0 unspecified atom stereocenters. The van der Waals surface area contributed by atoms with Gasteiger partial charge in [0.25, 0.3) is 5.91 Å². The predicted molar refractivity (Wildman–Crippen MR) is 70.9 cm³/mol. The average Bonchev–Trinajstić information content (AvgIpc) is 2.37. The van der Waals surface area contributed by atoms with Crippen molar-refractivity contribution in [2.24, 2.45) is 0 Å². The Balaban J connectivity index is 2.68. The lowest BCUT2D eigenvalue weighted by atomic mass is 10.1. The fraction of sp³-hybridized carbons (Fsp3) is 0.385. The van der Waals surface area contributed by atoms with Crippen LogP contribution in [0.1, 0.15) is 35.2 Å². The minimum atomic E-state index is -4.51. The van der Waals surface area contributed by atoms with Gasteiger partial charge in [-0.1, -0.05) is 15.9 Å². The van der Waals surface area contributed by atoms with Gasteiger partial charge < -0.3 is 5.32 Å². The van der Waals surface area contributed by atoms with E-state index >= 15 is 0 Å². The van der Waals surface area contributed by atoms with Crippen molar-refractivity contribution in [1.29, 1.82) is 5.26 Å². The molecule has 0 saturated heterocycles. The van der Waals surface area contributed by atoms with Gasteiger partial charge in [-0.15, -0.1) is 0 Å². The fourth-order valence-electron chi connectivity index (χ4n) is 1.52. The van der Waals surface area contributed by atoms with E-state index in [0.29, 0.717) is 25.8 Å². The lowest BCUT2D eigenvalue weighted by Crippen LogP contribution is -2.24. The standard InChI is InChI=1S/C13H12BrF3N2O/c14-11-5-4-9(8-10(11)13(15,16)17)12(20)19-7-3-1-2-6-18/h4-5,8H,1-3,7H2,(H,19,20). The van der Waals surface area contributed by atoms with Crippen molar-refractivity contribution in [3.63, 3.8) is 0 Å². The number of halogens is 4. The molecule has 0 bridgehead atoms. The number of nitrogens with one attached hydrogen (secondary N) is 1. The first-order valence-corrected chi connectivity index (χ1v) is 6.67. The zero-order chi connectivity index (χ0) is 15.2. The summed E-state index contributed by atoms with van der Waals surface area (Å²) < 4.78 is 38.0. The van der Waals surface area contributed by atoms with E-state index in [4.69, 9.17) is 5.26 Å². The maximum absolute atomic E-state index is 12.7. The fourth-order valence-corrected chi connectivity index (χ4v) is 1.99. The molecule has 3 nitrogen and oxygen atoms in total. The van der Waals surface area contributed by atoms with Crippen LogP contribution in [0, 0.1) is 11.3 Å². The van der Waals surface area contributed by atoms with Crippen molar-refractivity contribution in [2.45, 2.75) is 25.4 Å². The van der Waals surface area contributed by atoms with Crippen molar-refractivity contribution in [3.8, 4) is 6.07 Å². The lowest BCUT2D eigenvalue weighted by Gasteiger charge is -2.11. The summed E-state index contributed by atoms with van der Waals surface area (Å²) in [5.74, 6) is -0.556. The first-order chi connectivity index (χ1) is 9.36.